The molecule has 86 valence electrons. The summed E-state index contributed by atoms with van der Waals surface area (Å²) < 4.78 is 9.01. The van der Waals surface area contributed by atoms with E-state index >= 15 is 0 Å². The molecule has 0 aromatic carbocycles. The second-order valence-electron chi connectivity index (χ2n) is 2.41. The minimum atomic E-state index is -1.53. The molecule has 2 atom stereocenters. The van der Waals surface area contributed by atoms with Crippen molar-refractivity contribution in [3.8, 4) is 0 Å². The molecule has 0 rings (SSSR count). The molecule has 0 heterocycles. The minimum absolute atomic E-state index is 0.775. The molecule has 10 nitrogen and oxygen atoms in total. The predicted octanol–water partition coefficient (Wildman–Crippen LogP) is 1.39. The van der Waals surface area contributed by atoms with E-state index in [1.165, 1.54) is 0 Å². The van der Waals surface area contributed by atoms with Gasteiger partial charge < -0.3 is 9.47 Å². The Balaban J connectivity index is 4.91. The number of hydrogen-bond donors (Lipinski definition) is 0. The van der Waals surface area contributed by atoms with Crippen LogP contribution in [0.4, 0.5) is 0 Å². The van der Waals surface area contributed by atoms with Gasteiger partial charge in [0.25, 0.3) is 0 Å². The maximum absolute atomic E-state index is 10.6. The van der Waals surface area contributed by atoms with Gasteiger partial charge >= 0.3 is 11.9 Å². The summed E-state index contributed by atoms with van der Waals surface area (Å²) in [5, 5.41) is 6.06. The van der Waals surface area contributed by atoms with E-state index in [0.29, 0.717) is 0 Å². The Labute approximate surface area is 89.4 Å². The summed E-state index contributed by atoms with van der Waals surface area (Å²) in [5.74, 6) is -1.55. The lowest BCUT2D eigenvalue weighted by Gasteiger charge is -2.17. The number of ether oxygens (including phenoxy) is 2. The van der Waals surface area contributed by atoms with E-state index in [1.807, 2.05) is 0 Å². The van der Waals surface area contributed by atoms with Gasteiger partial charge in [0.15, 0.2) is 0 Å². The Morgan fingerprint density at radius 2 is 1.31 bits per heavy atom. The molecule has 0 N–H and O–H groups in total. The molecule has 0 aliphatic carbocycles. The topological polar surface area (TPSA) is 150 Å². The normalized spacial score (nSPS) is 12.4. The number of carbonyl (C=O) groups is 2. The molecule has 0 bridgehead atoms. The van der Waals surface area contributed by atoms with Crippen molar-refractivity contribution in [2.24, 2.45) is 10.2 Å². The summed E-state index contributed by atoms with van der Waals surface area (Å²) in [6.07, 6.45) is -3.05. The van der Waals surface area contributed by atoms with Crippen molar-refractivity contribution in [1.29, 1.82) is 0 Å². The van der Waals surface area contributed by atoms with Gasteiger partial charge in [0.1, 0.15) is 0 Å². The first kappa shape index (κ1) is 13.6. The third-order valence-electron chi connectivity index (χ3n) is 1.15. The molecular weight excluding hydrogens is 220 g/mol. The Morgan fingerprint density at radius 3 is 1.50 bits per heavy atom. The summed E-state index contributed by atoms with van der Waals surface area (Å²) in [4.78, 5) is 26.0. The van der Waals surface area contributed by atoms with Crippen molar-refractivity contribution in [3.63, 3.8) is 0 Å². The molecule has 0 radical (unpaired) electrons. The first-order valence-electron chi connectivity index (χ1n) is 3.94. The quantitative estimate of drug-likeness (QED) is 0.302. The molecule has 2 unspecified atom stereocenters. The highest BCUT2D eigenvalue weighted by atomic mass is 16.6. The van der Waals surface area contributed by atoms with Gasteiger partial charge in [-0.2, -0.15) is 0 Å². The van der Waals surface area contributed by atoms with Crippen LogP contribution < -0.4 is 0 Å². The van der Waals surface area contributed by atoms with E-state index in [-0.39, 0.29) is 0 Å². The Bertz CT molecular complexity index is 333. The highest BCUT2D eigenvalue weighted by molar-refractivity contribution is 5.67. The molecule has 0 fully saturated rings. The maximum atomic E-state index is 10.6. The average molecular weight is 228 g/mol. The molecule has 10 heteroatoms. The van der Waals surface area contributed by atoms with E-state index in [9.17, 15) is 9.59 Å². The van der Waals surface area contributed by atoms with E-state index < -0.39 is 24.4 Å². The monoisotopic (exact) mass is 228 g/mol. The van der Waals surface area contributed by atoms with Gasteiger partial charge in [-0.05, 0) is 21.3 Å². The van der Waals surface area contributed by atoms with Crippen molar-refractivity contribution < 1.29 is 19.1 Å². The summed E-state index contributed by atoms with van der Waals surface area (Å²) in [7, 11) is 0. The number of carbonyl (C=O) groups excluding carboxylic acids is 2. The van der Waals surface area contributed by atoms with Crippen LogP contribution in [-0.4, -0.2) is 24.4 Å². The predicted molar refractivity (Wildman–Crippen MR) is 49.4 cm³/mol. The highest BCUT2D eigenvalue weighted by Gasteiger charge is 2.24. The van der Waals surface area contributed by atoms with Gasteiger partial charge in [-0.3, -0.25) is 9.59 Å². The van der Waals surface area contributed by atoms with Crippen LogP contribution in [-0.2, 0) is 19.1 Å². The first-order chi connectivity index (χ1) is 7.51. The van der Waals surface area contributed by atoms with E-state index in [0.717, 1.165) is 13.8 Å². The number of esters is 2. The zero-order chi connectivity index (χ0) is 12.6. The largest absolute Gasteiger partial charge is 0.452 e. The van der Waals surface area contributed by atoms with E-state index in [1.54, 1.807) is 0 Å². The lowest BCUT2D eigenvalue weighted by Crippen LogP contribution is -2.30. The average Bonchev–Trinajstić information content (AvgIpc) is 2.15. The van der Waals surface area contributed by atoms with Crippen molar-refractivity contribution in [1.82, 2.24) is 0 Å². The summed E-state index contributed by atoms with van der Waals surface area (Å²) in [6.45, 7) is 2.11. The Morgan fingerprint density at radius 1 is 1.00 bits per heavy atom. The van der Waals surface area contributed by atoms with Gasteiger partial charge in [0.2, 0.25) is 12.5 Å². The van der Waals surface area contributed by atoms with Crippen LogP contribution in [0.5, 0.6) is 0 Å². The summed E-state index contributed by atoms with van der Waals surface area (Å²) in [6, 6.07) is 0. The van der Waals surface area contributed by atoms with Gasteiger partial charge in [-0.15, -0.1) is 0 Å². The standard InChI is InChI=1S/C6H8N6O4/c1-3(13)15-5(9-11-7)6(10-12-8)16-4(2)14/h5-6H,1-2H3. The Hall–Kier alpha value is -2.44. The maximum Gasteiger partial charge on any atom is 0.303 e. The minimum Gasteiger partial charge on any atom is -0.452 e. The van der Waals surface area contributed by atoms with Gasteiger partial charge in [0, 0.05) is 23.7 Å². The molecular formula is C6H8N6O4. The smallest absolute Gasteiger partial charge is 0.303 e. The van der Waals surface area contributed by atoms with Crippen LogP contribution in [0, 0.1) is 0 Å². The molecule has 0 saturated heterocycles. The third-order valence-corrected chi connectivity index (χ3v) is 1.15. The fourth-order valence-electron chi connectivity index (χ4n) is 0.719. The number of azide groups is 2. The zero-order valence-electron chi connectivity index (χ0n) is 8.47. The number of hydrogen-bond acceptors (Lipinski definition) is 6. The lowest BCUT2D eigenvalue weighted by atomic mass is 10.5. The van der Waals surface area contributed by atoms with Gasteiger partial charge in [0.05, 0.1) is 0 Å². The van der Waals surface area contributed by atoms with Crippen LogP contribution in [0.15, 0.2) is 10.2 Å². The SMILES string of the molecule is CC(=O)OC(N=[N+]=[N-])C(N=[N+]=[N-])OC(C)=O. The molecule has 0 spiro atoms. The molecule has 0 amide bonds. The van der Waals surface area contributed by atoms with Crippen molar-refractivity contribution in [2.75, 3.05) is 0 Å². The molecule has 0 aliphatic rings. The van der Waals surface area contributed by atoms with E-state index in [2.05, 4.69) is 29.5 Å². The van der Waals surface area contributed by atoms with Crippen molar-refractivity contribution in [3.05, 3.63) is 20.9 Å². The fourth-order valence-corrected chi connectivity index (χ4v) is 0.719. The van der Waals surface area contributed by atoms with E-state index in [4.69, 9.17) is 11.1 Å². The van der Waals surface area contributed by atoms with Crippen LogP contribution in [0.1, 0.15) is 13.8 Å². The summed E-state index contributed by atoms with van der Waals surface area (Å²) >= 11 is 0. The summed E-state index contributed by atoms with van der Waals surface area (Å²) in [5.41, 5.74) is 16.4. The first-order valence-corrected chi connectivity index (χ1v) is 3.94. The van der Waals surface area contributed by atoms with Crippen molar-refractivity contribution in [2.45, 2.75) is 26.3 Å². The van der Waals surface area contributed by atoms with Crippen LogP contribution in [0.2, 0.25) is 0 Å². The second kappa shape index (κ2) is 6.93. The third kappa shape index (κ3) is 5.32. The number of rotatable bonds is 5. The molecule has 0 aromatic heterocycles. The Kier molecular flexibility index (Phi) is 5.88. The van der Waals surface area contributed by atoms with Gasteiger partial charge in [-0.25, -0.2) is 0 Å². The van der Waals surface area contributed by atoms with Crippen LogP contribution >= 0.6 is 0 Å². The zero-order valence-corrected chi connectivity index (χ0v) is 8.47. The number of nitrogens with zero attached hydrogens (tertiary/aromatic N) is 6. The van der Waals surface area contributed by atoms with Crippen LogP contribution in [0.25, 0.3) is 20.9 Å². The van der Waals surface area contributed by atoms with Crippen LogP contribution in [0.3, 0.4) is 0 Å². The molecule has 0 aromatic rings. The lowest BCUT2D eigenvalue weighted by molar-refractivity contribution is -0.164. The van der Waals surface area contributed by atoms with Gasteiger partial charge in [-0.1, -0.05) is 0 Å². The molecule has 0 aliphatic heterocycles. The fraction of sp³-hybridized carbons (Fsp3) is 0.667. The van der Waals surface area contributed by atoms with Crippen molar-refractivity contribution >= 4 is 11.9 Å². The molecule has 0 saturated carbocycles. The molecule has 16 heavy (non-hydrogen) atoms. The second-order valence-corrected chi connectivity index (χ2v) is 2.41. The highest BCUT2D eigenvalue weighted by Crippen LogP contribution is 2.09.